The topological polar surface area (TPSA) is 82.8 Å². The molecule has 0 spiro atoms. The molecular weight excluding hydrogens is 310 g/mol. The van der Waals surface area contributed by atoms with Crippen molar-refractivity contribution in [2.45, 2.75) is 33.2 Å². The van der Waals surface area contributed by atoms with E-state index >= 15 is 0 Å². The minimum Gasteiger partial charge on any atom is -0.424 e. The Morgan fingerprint density at radius 2 is 1.71 bits per heavy atom. The maximum Gasteiger partial charge on any atom is 0.230 e. The third kappa shape index (κ3) is 3.92. The number of amides is 2. The fraction of sp³-hybridized carbons (Fsp3) is 0.750. The van der Waals surface area contributed by atoms with Crippen LogP contribution in [0.25, 0.3) is 0 Å². The van der Waals surface area contributed by atoms with Crippen LogP contribution in [0.2, 0.25) is 0 Å². The maximum atomic E-state index is 12.7. The van der Waals surface area contributed by atoms with E-state index in [1.165, 1.54) is 0 Å². The molecule has 3 rings (SSSR count). The first-order valence-electron chi connectivity index (χ1n) is 8.58. The summed E-state index contributed by atoms with van der Waals surface area (Å²) in [6.45, 7) is 8.51. The molecule has 0 radical (unpaired) electrons. The molecule has 8 heteroatoms. The monoisotopic (exact) mass is 335 g/mol. The van der Waals surface area contributed by atoms with Crippen molar-refractivity contribution in [2.24, 2.45) is 5.92 Å². The van der Waals surface area contributed by atoms with Crippen molar-refractivity contribution in [3.8, 4) is 0 Å². The molecule has 0 aliphatic carbocycles. The summed E-state index contributed by atoms with van der Waals surface area (Å²) < 4.78 is 5.41. The zero-order valence-electron chi connectivity index (χ0n) is 14.4. The van der Waals surface area contributed by atoms with Gasteiger partial charge in [-0.15, -0.1) is 10.2 Å². The van der Waals surface area contributed by atoms with Gasteiger partial charge in [0, 0.05) is 59.0 Å². The third-order valence-corrected chi connectivity index (χ3v) is 4.90. The van der Waals surface area contributed by atoms with Crippen molar-refractivity contribution in [3.05, 3.63) is 11.8 Å². The van der Waals surface area contributed by atoms with E-state index in [4.69, 9.17) is 4.42 Å². The number of carbonyl (C=O) groups excluding carboxylic acids is 2. The molecule has 0 atom stereocenters. The van der Waals surface area contributed by atoms with Gasteiger partial charge in [-0.2, -0.15) is 0 Å². The first kappa shape index (κ1) is 16.9. The van der Waals surface area contributed by atoms with Gasteiger partial charge in [-0.3, -0.25) is 14.5 Å². The fourth-order valence-electron chi connectivity index (χ4n) is 3.42. The van der Waals surface area contributed by atoms with Gasteiger partial charge in [0.15, 0.2) is 0 Å². The highest BCUT2D eigenvalue weighted by Crippen LogP contribution is 2.21. The van der Waals surface area contributed by atoms with Gasteiger partial charge < -0.3 is 14.2 Å². The van der Waals surface area contributed by atoms with Gasteiger partial charge in [-0.1, -0.05) is 0 Å². The Bertz CT molecular complexity index is 586. The zero-order chi connectivity index (χ0) is 17.1. The molecule has 0 unspecified atom stereocenters. The highest BCUT2D eigenvalue weighted by atomic mass is 16.4. The van der Waals surface area contributed by atoms with Gasteiger partial charge in [-0.25, -0.2) is 0 Å². The molecule has 24 heavy (non-hydrogen) atoms. The second-order valence-corrected chi connectivity index (χ2v) is 6.60. The second-order valence-electron chi connectivity index (χ2n) is 6.60. The molecule has 0 N–H and O–H groups in total. The summed E-state index contributed by atoms with van der Waals surface area (Å²) in [5.41, 5.74) is 0. The number of carbonyl (C=O) groups is 2. The van der Waals surface area contributed by atoms with Crippen LogP contribution >= 0.6 is 0 Å². The lowest BCUT2D eigenvalue weighted by molar-refractivity contribution is -0.141. The van der Waals surface area contributed by atoms with Gasteiger partial charge >= 0.3 is 0 Å². The maximum absolute atomic E-state index is 12.7. The SMILES string of the molecule is CC(=O)N1CCC(C(=O)N2CCN(Cc3nnc(C)o3)CC2)CC1. The summed E-state index contributed by atoms with van der Waals surface area (Å²) in [5.74, 6) is 1.61. The summed E-state index contributed by atoms with van der Waals surface area (Å²) in [6, 6.07) is 0. The largest absolute Gasteiger partial charge is 0.424 e. The number of aromatic nitrogens is 2. The quantitative estimate of drug-likeness (QED) is 0.789. The molecule has 0 bridgehead atoms. The second kappa shape index (κ2) is 7.29. The number of piperidine rings is 1. The Morgan fingerprint density at radius 3 is 2.25 bits per heavy atom. The van der Waals surface area contributed by atoms with Gasteiger partial charge in [0.1, 0.15) is 0 Å². The highest BCUT2D eigenvalue weighted by Gasteiger charge is 2.31. The molecule has 0 saturated carbocycles. The number of rotatable bonds is 3. The Labute approximate surface area is 141 Å². The molecule has 0 aromatic carbocycles. The van der Waals surface area contributed by atoms with Crippen molar-refractivity contribution < 1.29 is 14.0 Å². The van der Waals surface area contributed by atoms with Gasteiger partial charge in [0.05, 0.1) is 6.54 Å². The van der Waals surface area contributed by atoms with Crippen molar-refractivity contribution in [1.82, 2.24) is 24.9 Å². The molecule has 1 aromatic rings. The van der Waals surface area contributed by atoms with E-state index in [0.29, 0.717) is 31.4 Å². The molecule has 8 nitrogen and oxygen atoms in total. The van der Waals surface area contributed by atoms with E-state index in [1.54, 1.807) is 13.8 Å². The van der Waals surface area contributed by atoms with E-state index in [1.807, 2.05) is 9.80 Å². The molecule has 2 fully saturated rings. The molecule has 2 aliphatic heterocycles. The highest BCUT2D eigenvalue weighted by molar-refractivity contribution is 5.79. The van der Waals surface area contributed by atoms with E-state index in [2.05, 4.69) is 15.1 Å². The van der Waals surface area contributed by atoms with Crippen molar-refractivity contribution in [3.63, 3.8) is 0 Å². The van der Waals surface area contributed by atoms with E-state index in [-0.39, 0.29) is 17.7 Å². The summed E-state index contributed by atoms with van der Waals surface area (Å²) in [5, 5.41) is 7.86. The fourth-order valence-corrected chi connectivity index (χ4v) is 3.42. The van der Waals surface area contributed by atoms with Crippen LogP contribution in [-0.4, -0.2) is 76.0 Å². The van der Waals surface area contributed by atoms with Crippen LogP contribution in [0.5, 0.6) is 0 Å². The van der Waals surface area contributed by atoms with E-state index < -0.39 is 0 Å². The number of hydrogen-bond donors (Lipinski definition) is 0. The lowest BCUT2D eigenvalue weighted by Crippen LogP contribution is -2.51. The number of aryl methyl sites for hydroxylation is 1. The lowest BCUT2D eigenvalue weighted by Gasteiger charge is -2.38. The summed E-state index contributed by atoms with van der Waals surface area (Å²) in [6.07, 6.45) is 1.56. The van der Waals surface area contributed by atoms with Crippen LogP contribution < -0.4 is 0 Å². The van der Waals surface area contributed by atoms with Gasteiger partial charge in [0.2, 0.25) is 23.6 Å². The average molecular weight is 335 g/mol. The molecule has 2 amide bonds. The minimum atomic E-state index is 0.0609. The lowest BCUT2D eigenvalue weighted by atomic mass is 9.95. The third-order valence-electron chi connectivity index (χ3n) is 4.90. The Hall–Kier alpha value is -1.96. The normalized spacial score (nSPS) is 20.4. The summed E-state index contributed by atoms with van der Waals surface area (Å²) in [7, 11) is 0. The standard InChI is InChI=1S/C16H25N5O3/c1-12-17-18-15(24-12)11-19-7-9-21(10-8-19)16(23)14-3-5-20(6-4-14)13(2)22/h14H,3-11H2,1-2H3. The number of nitrogens with zero attached hydrogens (tertiary/aromatic N) is 5. The predicted molar refractivity (Wildman–Crippen MR) is 85.9 cm³/mol. The molecule has 1 aromatic heterocycles. The zero-order valence-corrected chi connectivity index (χ0v) is 14.4. The Morgan fingerprint density at radius 1 is 1.04 bits per heavy atom. The summed E-state index contributed by atoms with van der Waals surface area (Å²) >= 11 is 0. The van der Waals surface area contributed by atoms with Crippen molar-refractivity contribution in [2.75, 3.05) is 39.3 Å². The van der Waals surface area contributed by atoms with Crippen molar-refractivity contribution in [1.29, 1.82) is 0 Å². The van der Waals surface area contributed by atoms with E-state index in [0.717, 1.165) is 39.0 Å². The number of piperazine rings is 1. The van der Waals surface area contributed by atoms with Crippen LogP contribution in [0.4, 0.5) is 0 Å². The van der Waals surface area contributed by atoms with E-state index in [9.17, 15) is 9.59 Å². The van der Waals surface area contributed by atoms with Gasteiger partial charge in [-0.05, 0) is 12.8 Å². The summed E-state index contributed by atoms with van der Waals surface area (Å²) in [4.78, 5) is 30.1. The van der Waals surface area contributed by atoms with Crippen LogP contribution in [0.15, 0.2) is 4.42 Å². The predicted octanol–water partition coefficient (Wildman–Crippen LogP) is 0.281. The molecule has 2 saturated heterocycles. The smallest absolute Gasteiger partial charge is 0.230 e. The van der Waals surface area contributed by atoms with Crippen LogP contribution in [0.1, 0.15) is 31.5 Å². The Balaban J connectivity index is 1.44. The van der Waals surface area contributed by atoms with Crippen LogP contribution in [0.3, 0.4) is 0 Å². The van der Waals surface area contributed by atoms with Crippen molar-refractivity contribution >= 4 is 11.8 Å². The Kier molecular flexibility index (Phi) is 5.13. The number of hydrogen-bond acceptors (Lipinski definition) is 6. The first-order chi connectivity index (χ1) is 11.5. The van der Waals surface area contributed by atoms with Crippen LogP contribution in [0, 0.1) is 12.8 Å². The van der Waals surface area contributed by atoms with Gasteiger partial charge in [0.25, 0.3) is 0 Å². The minimum absolute atomic E-state index is 0.0609. The average Bonchev–Trinajstić information content (AvgIpc) is 3.00. The first-order valence-corrected chi connectivity index (χ1v) is 8.58. The molecular formula is C16H25N5O3. The number of likely N-dealkylation sites (tertiary alicyclic amines) is 1. The molecule has 2 aliphatic rings. The molecule has 3 heterocycles. The van der Waals surface area contributed by atoms with Crippen LogP contribution in [-0.2, 0) is 16.1 Å². The molecule has 132 valence electrons.